The molecule has 0 aliphatic carbocycles. The second kappa shape index (κ2) is 8.13. The molecular weight excluding hydrogens is 453 g/mol. The number of ether oxygens (including phenoxy) is 3. The van der Waals surface area contributed by atoms with Gasteiger partial charge in [0.05, 0.1) is 37.6 Å². The Labute approximate surface area is 192 Å². The van der Waals surface area contributed by atoms with Gasteiger partial charge >= 0.3 is 12.3 Å². The van der Waals surface area contributed by atoms with Crippen LogP contribution in [-0.4, -0.2) is 36.5 Å². The zero-order chi connectivity index (χ0) is 24.9. The molecule has 4 rings (SSSR count). The molecule has 1 N–H and O–H groups in total. The third kappa shape index (κ3) is 3.37. The molecule has 8 nitrogen and oxygen atoms in total. The van der Waals surface area contributed by atoms with E-state index in [0.29, 0.717) is 22.6 Å². The van der Waals surface area contributed by atoms with Gasteiger partial charge in [-0.25, -0.2) is 9.78 Å². The molecule has 11 heteroatoms. The number of aromatic nitrogens is 2. The summed E-state index contributed by atoms with van der Waals surface area (Å²) < 4.78 is 60.0. The van der Waals surface area contributed by atoms with E-state index in [0.717, 1.165) is 7.11 Å². The number of nitriles is 1. The molecule has 0 spiro atoms. The largest absolute Gasteiger partial charge is 0.496 e. The lowest BCUT2D eigenvalue weighted by Gasteiger charge is -2.19. The summed E-state index contributed by atoms with van der Waals surface area (Å²) in [5.41, 5.74) is 0.171. The van der Waals surface area contributed by atoms with E-state index < -0.39 is 34.8 Å². The fourth-order valence-corrected chi connectivity index (χ4v) is 4.32. The SMILES string of the molecule is COC(=O)Nc1c(C#N)c2c(C(F)(F)F)nc3c(c2n1-c1c(C)ccc(OC)c1C)OCC3C. The minimum absolute atomic E-state index is 0.0101. The van der Waals surface area contributed by atoms with Crippen LogP contribution in [0.3, 0.4) is 0 Å². The van der Waals surface area contributed by atoms with Gasteiger partial charge in [0.25, 0.3) is 0 Å². The second-order valence-corrected chi connectivity index (χ2v) is 7.95. The van der Waals surface area contributed by atoms with E-state index >= 15 is 0 Å². The van der Waals surface area contributed by atoms with Crippen molar-refractivity contribution < 1.29 is 32.2 Å². The van der Waals surface area contributed by atoms with Crippen LogP contribution in [0.2, 0.25) is 0 Å². The minimum Gasteiger partial charge on any atom is -0.496 e. The number of alkyl halides is 3. The molecule has 34 heavy (non-hydrogen) atoms. The summed E-state index contributed by atoms with van der Waals surface area (Å²) >= 11 is 0. The van der Waals surface area contributed by atoms with Gasteiger partial charge in [0.1, 0.15) is 28.7 Å². The molecule has 1 aromatic carbocycles. The molecule has 0 bridgehead atoms. The predicted octanol–water partition coefficient (Wildman–Crippen LogP) is 5.22. The van der Waals surface area contributed by atoms with Crippen molar-refractivity contribution in [2.24, 2.45) is 0 Å². The number of carbonyl (C=O) groups excluding carboxylic acids is 1. The van der Waals surface area contributed by atoms with Gasteiger partial charge in [-0.15, -0.1) is 0 Å². The number of fused-ring (bicyclic) bond motifs is 3. The Balaban J connectivity index is 2.30. The number of rotatable bonds is 3. The monoisotopic (exact) mass is 474 g/mol. The predicted molar refractivity (Wildman–Crippen MR) is 117 cm³/mol. The maximum atomic E-state index is 14.2. The Kier molecular flexibility index (Phi) is 5.55. The zero-order valence-corrected chi connectivity index (χ0v) is 19.0. The third-order valence-electron chi connectivity index (χ3n) is 5.84. The Bertz CT molecular complexity index is 1370. The summed E-state index contributed by atoms with van der Waals surface area (Å²) in [6.07, 6.45) is -5.82. The lowest BCUT2D eigenvalue weighted by atomic mass is 10.0. The maximum Gasteiger partial charge on any atom is 0.434 e. The van der Waals surface area contributed by atoms with Crippen molar-refractivity contribution in [1.82, 2.24) is 9.55 Å². The number of nitrogens with zero attached hydrogens (tertiary/aromatic N) is 3. The number of benzene rings is 1. The zero-order valence-electron chi connectivity index (χ0n) is 19.0. The van der Waals surface area contributed by atoms with Crippen molar-refractivity contribution in [2.45, 2.75) is 32.9 Å². The van der Waals surface area contributed by atoms with Crippen LogP contribution >= 0.6 is 0 Å². The van der Waals surface area contributed by atoms with Crippen LogP contribution in [0.1, 0.15) is 40.9 Å². The van der Waals surface area contributed by atoms with E-state index in [1.165, 1.54) is 11.7 Å². The van der Waals surface area contributed by atoms with Crippen LogP contribution in [0.4, 0.5) is 23.8 Å². The van der Waals surface area contributed by atoms with Gasteiger partial charge < -0.3 is 14.2 Å². The highest BCUT2D eigenvalue weighted by Crippen LogP contribution is 2.49. The van der Waals surface area contributed by atoms with E-state index in [4.69, 9.17) is 9.47 Å². The molecule has 3 aromatic rings. The Morgan fingerprint density at radius 2 is 2.03 bits per heavy atom. The number of methoxy groups -OCH3 is 2. The third-order valence-corrected chi connectivity index (χ3v) is 5.84. The molecule has 0 fully saturated rings. The van der Waals surface area contributed by atoms with Crippen molar-refractivity contribution in [1.29, 1.82) is 5.26 Å². The van der Waals surface area contributed by atoms with Crippen LogP contribution in [0.25, 0.3) is 16.6 Å². The van der Waals surface area contributed by atoms with E-state index in [1.54, 1.807) is 32.9 Å². The summed E-state index contributed by atoms with van der Waals surface area (Å²) in [6, 6.07) is 5.28. The highest BCUT2D eigenvalue weighted by Gasteiger charge is 2.42. The van der Waals surface area contributed by atoms with Crippen LogP contribution in [0.15, 0.2) is 12.1 Å². The van der Waals surface area contributed by atoms with E-state index in [1.807, 2.05) is 6.07 Å². The van der Waals surface area contributed by atoms with E-state index in [-0.39, 0.29) is 29.4 Å². The molecule has 1 unspecified atom stereocenters. The Morgan fingerprint density at radius 3 is 2.62 bits per heavy atom. The summed E-state index contributed by atoms with van der Waals surface area (Å²) in [4.78, 5) is 16.1. The number of hydrogen-bond acceptors (Lipinski definition) is 6. The number of hydrogen-bond donors (Lipinski definition) is 1. The van der Waals surface area contributed by atoms with Crippen molar-refractivity contribution in [3.8, 4) is 23.3 Å². The fourth-order valence-electron chi connectivity index (χ4n) is 4.32. The van der Waals surface area contributed by atoms with Crippen LogP contribution in [0.5, 0.6) is 11.5 Å². The average molecular weight is 474 g/mol. The first kappa shape index (κ1) is 23.2. The standard InChI is InChI=1S/C23H21F3N4O4/c1-10-6-7-14(32-4)12(3)17(10)30-18-15(13(8-27)21(30)29-22(31)33-5)20(23(24,25)26)28-16-11(2)9-34-19(16)18/h6-7,11H,9H2,1-5H3,(H,29,31). The quantitative estimate of drug-likeness (QED) is 0.559. The fraction of sp³-hybridized carbons (Fsp3) is 0.348. The molecule has 3 heterocycles. The van der Waals surface area contributed by atoms with Gasteiger partial charge in [0.15, 0.2) is 11.4 Å². The maximum absolute atomic E-state index is 14.2. The summed E-state index contributed by atoms with van der Waals surface area (Å²) in [5.74, 6) is 0.0131. The molecule has 1 aliphatic heterocycles. The van der Waals surface area contributed by atoms with E-state index in [9.17, 15) is 23.2 Å². The lowest BCUT2D eigenvalue weighted by molar-refractivity contribution is -0.139. The van der Waals surface area contributed by atoms with Gasteiger partial charge in [-0.05, 0) is 25.5 Å². The first-order valence-electron chi connectivity index (χ1n) is 10.3. The van der Waals surface area contributed by atoms with Gasteiger partial charge in [-0.2, -0.15) is 18.4 Å². The molecule has 0 saturated carbocycles. The topological polar surface area (TPSA) is 98.4 Å². The molecule has 2 aromatic heterocycles. The first-order valence-corrected chi connectivity index (χ1v) is 10.3. The number of anilines is 1. The first-order chi connectivity index (χ1) is 16.0. The number of halogens is 3. The molecule has 1 amide bonds. The Hall–Kier alpha value is -3.94. The van der Waals surface area contributed by atoms with Crippen molar-refractivity contribution in [3.63, 3.8) is 0 Å². The molecule has 1 aliphatic rings. The summed E-state index contributed by atoms with van der Waals surface area (Å²) in [7, 11) is 2.58. The minimum atomic E-state index is -4.87. The summed E-state index contributed by atoms with van der Waals surface area (Å²) in [5, 5.41) is 11.9. The van der Waals surface area contributed by atoms with Gasteiger partial charge in [-0.3, -0.25) is 9.88 Å². The number of pyridine rings is 1. The average Bonchev–Trinajstić information content (AvgIpc) is 3.30. The normalized spacial score (nSPS) is 15.0. The van der Waals surface area contributed by atoms with Crippen LogP contribution in [-0.2, 0) is 10.9 Å². The molecular formula is C23H21F3N4O4. The number of amides is 1. The highest BCUT2D eigenvalue weighted by molar-refractivity contribution is 6.03. The van der Waals surface area contributed by atoms with Crippen molar-refractivity contribution >= 4 is 22.8 Å². The molecule has 178 valence electrons. The second-order valence-electron chi connectivity index (χ2n) is 7.95. The van der Waals surface area contributed by atoms with Gasteiger partial charge in [0, 0.05) is 11.5 Å². The molecule has 1 atom stereocenters. The smallest absolute Gasteiger partial charge is 0.434 e. The van der Waals surface area contributed by atoms with Crippen molar-refractivity contribution in [2.75, 3.05) is 26.1 Å². The van der Waals surface area contributed by atoms with Crippen LogP contribution in [0, 0.1) is 25.2 Å². The lowest BCUT2D eigenvalue weighted by Crippen LogP contribution is -2.16. The Morgan fingerprint density at radius 1 is 1.32 bits per heavy atom. The molecule has 0 saturated heterocycles. The number of aryl methyl sites for hydroxylation is 1. The highest BCUT2D eigenvalue weighted by atomic mass is 19.4. The number of nitrogens with one attached hydrogen (secondary N) is 1. The summed E-state index contributed by atoms with van der Waals surface area (Å²) in [6.45, 7) is 5.33. The van der Waals surface area contributed by atoms with Crippen LogP contribution < -0.4 is 14.8 Å². The van der Waals surface area contributed by atoms with Gasteiger partial charge in [0.2, 0.25) is 0 Å². The van der Waals surface area contributed by atoms with Gasteiger partial charge in [-0.1, -0.05) is 13.0 Å². The van der Waals surface area contributed by atoms with E-state index in [2.05, 4.69) is 15.0 Å². The number of carbonyl (C=O) groups is 1. The van der Waals surface area contributed by atoms with Crippen molar-refractivity contribution in [3.05, 3.63) is 40.2 Å². The molecule has 0 radical (unpaired) electrons.